The lowest BCUT2D eigenvalue weighted by atomic mass is 9.75. The second-order valence-corrected chi connectivity index (χ2v) is 8.04. The fraction of sp³-hybridized carbons (Fsp3) is 0.636. The van der Waals surface area contributed by atoms with Gasteiger partial charge in [0.05, 0.1) is 6.61 Å². The number of esters is 1. The number of ether oxygens (including phenoxy) is 1. The molecule has 138 valence electrons. The van der Waals surface area contributed by atoms with E-state index in [2.05, 4.69) is 0 Å². The van der Waals surface area contributed by atoms with Crippen LogP contribution < -0.4 is 0 Å². The zero-order chi connectivity index (χ0) is 18.6. The summed E-state index contributed by atoms with van der Waals surface area (Å²) < 4.78 is 5.51. The van der Waals surface area contributed by atoms with E-state index in [4.69, 9.17) is 4.74 Å². The molecule has 2 rings (SSSR count). The molecule has 25 heavy (non-hydrogen) atoms. The molecule has 0 heterocycles. The van der Waals surface area contributed by atoms with Gasteiger partial charge < -0.3 is 4.74 Å². The van der Waals surface area contributed by atoms with Crippen molar-refractivity contribution in [1.29, 1.82) is 0 Å². The van der Waals surface area contributed by atoms with Crippen molar-refractivity contribution in [2.24, 2.45) is 17.8 Å². The van der Waals surface area contributed by atoms with Gasteiger partial charge in [-0.05, 0) is 56.6 Å². The molecule has 0 radical (unpaired) electrons. The smallest absolute Gasteiger partial charge is 0.317 e. The molecular weight excluding hydrogens is 312 g/mol. The SMILES string of the molecule is Cc1cc(C)c(C(=O)C(C(=O)OCC(C)C)C2CCCCC2)c(C)c1. The van der Waals surface area contributed by atoms with Crippen LogP contribution in [-0.2, 0) is 9.53 Å². The largest absolute Gasteiger partial charge is 0.465 e. The fourth-order valence-electron chi connectivity index (χ4n) is 4.04. The summed E-state index contributed by atoms with van der Waals surface area (Å²) in [6, 6.07) is 4.05. The molecule has 0 amide bonds. The molecule has 1 saturated carbocycles. The fourth-order valence-corrected chi connectivity index (χ4v) is 4.04. The van der Waals surface area contributed by atoms with Gasteiger partial charge in [0.15, 0.2) is 5.78 Å². The van der Waals surface area contributed by atoms with Crippen LogP contribution in [0.4, 0.5) is 0 Å². The zero-order valence-electron chi connectivity index (χ0n) is 16.4. The van der Waals surface area contributed by atoms with E-state index in [1.807, 2.05) is 46.8 Å². The summed E-state index contributed by atoms with van der Waals surface area (Å²) in [5.41, 5.74) is 3.77. The van der Waals surface area contributed by atoms with Crippen LogP contribution in [0.3, 0.4) is 0 Å². The normalized spacial score (nSPS) is 16.7. The minimum Gasteiger partial charge on any atom is -0.465 e. The van der Waals surface area contributed by atoms with Crippen LogP contribution in [0.15, 0.2) is 12.1 Å². The molecule has 3 heteroatoms. The second kappa shape index (κ2) is 8.64. The van der Waals surface area contributed by atoms with E-state index >= 15 is 0 Å². The lowest BCUT2D eigenvalue weighted by molar-refractivity contribution is -0.149. The second-order valence-electron chi connectivity index (χ2n) is 8.04. The molecule has 1 atom stereocenters. The Hall–Kier alpha value is -1.64. The van der Waals surface area contributed by atoms with Crippen LogP contribution in [0.5, 0.6) is 0 Å². The van der Waals surface area contributed by atoms with Gasteiger partial charge in [0, 0.05) is 5.56 Å². The average molecular weight is 344 g/mol. The predicted octanol–water partition coefficient (Wildman–Crippen LogP) is 5.19. The highest BCUT2D eigenvalue weighted by Crippen LogP contribution is 2.34. The summed E-state index contributed by atoms with van der Waals surface area (Å²) in [5, 5.41) is 0. The van der Waals surface area contributed by atoms with Crippen molar-refractivity contribution >= 4 is 11.8 Å². The highest BCUT2D eigenvalue weighted by molar-refractivity contribution is 6.10. The summed E-state index contributed by atoms with van der Waals surface area (Å²) in [6.45, 7) is 10.4. The minimum absolute atomic E-state index is 0.0457. The Morgan fingerprint density at radius 2 is 1.60 bits per heavy atom. The van der Waals surface area contributed by atoms with Crippen LogP contribution in [0.25, 0.3) is 0 Å². The summed E-state index contributed by atoms with van der Waals surface area (Å²) >= 11 is 0. The molecule has 1 aromatic rings. The number of ketones is 1. The Morgan fingerprint density at radius 3 is 2.12 bits per heavy atom. The molecule has 3 nitrogen and oxygen atoms in total. The first-order chi connectivity index (χ1) is 11.8. The highest BCUT2D eigenvalue weighted by atomic mass is 16.5. The number of carbonyl (C=O) groups excluding carboxylic acids is 2. The molecule has 1 aliphatic carbocycles. The summed E-state index contributed by atoms with van der Waals surface area (Å²) in [6.07, 6.45) is 5.27. The van der Waals surface area contributed by atoms with Gasteiger partial charge in [-0.1, -0.05) is 50.8 Å². The summed E-state index contributed by atoms with van der Waals surface area (Å²) in [5.74, 6) is -0.644. The van der Waals surface area contributed by atoms with Gasteiger partial charge in [-0.2, -0.15) is 0 Å². The van der Waals surface area contributed by atoms with E-state index in [0.717, 1.165) is 42.4 Å². The van der Waals surface area contributed by atoms with E-state index in [-0.39, 0.29) is 23.6 Å². The molecule has 0 aromatic heterocycles. The third kappa shape index (κ3) is 4.93. The molecule has 0 saturated heterocycles. The number of aryl methyl sites for hydroxylation is 3. The molecule has 1 fully saturated rings. The highest BCUT2D eigenvalue weighted by Gasteiger charge is 2.38. The molecule has 0 bridgehead atoms. The number of carbonyl (C=O) groups is 2. The van der Waals surface area contributed by atoms with Gasteiger partial charge in [-0.15, -0.1) is 0 Å². The zero-order valence-corrected chi connectivity index (χ0v) is 16.4. The van der Waals surface area contributed by atoms with Gasteiger partial charge in [-0.3, -0.25) is 9.59 Å². The number of rotatable bonds is 6. The van der Waals surface area contributed by atoms with E-state index in [1.54, 1.807) is 0 Å². The van der Waals surface area contributed by atoms with E-state index < -0.39 is 5.92 Å². The van der Waals surface area contributed by atoms with Crippen LogP contribution in [0.2, 0.25) is 0 Å². The standard InChI is InChI=1S/C22H32O3/c1-14(2)13-25-22(24)20(18-9-7-6-8-10-18)21(23)19-16(4)11-15(3)12-17(19)5/h11-12,14,18,20H,6-10,13H2,1-5H3. The van der Waals surface area contributed by atoms with Crippen LogP contribution in [-0.4, -0.2) is 18.4 Å². The van der Waals surface area contributed by atoms with Crippen molar-refractivity contribution in [1.82, 2.24) is 0 Å². The molecule has 0 aliphatic heterocycles. The van der Waals surface area contributed by atoms with Gasteiger partial charge >= 0.3 is 5.97 Å². The molecule has 1 aromatic carbocycles. The first kappa shape index (κ1) is 19.7. The quantitative estimate of drug-likeness (QED) is 0.405. The Balaban J connectivity index is 2.33. The molecule has 1 aliphatic rings. The molecular formula is C22H32O3. The first-order valence-corrected chi connectivity index (χ1v) is 9.60. The maximum atomic E-state index is 13.4. The number of Topliss-reactive ketones (excluding diaryl/α,β-unsaturated/α-hetero) is 1. The number of benzene rings is 1. The topological polar surface area (TPSA) is 43.4 Å². The van der Waals surface area contributed by atoms with E-state index in [9.17, 15) is 9.59 Å². The van der Waals surface area contributed by atoms with E-state index in [0.29, 0.717) is 12.2 Å². The van der Waals surface area contributed by atoms with Crippen LogP contribution >= 0.6 is 0 Å². The number of hydrogen-bond donors (Lipinski definition) is 0. The third-order valence-corrected chi connectivity index (χ3v) is 5.14. The lowest BCUT2D eigenvalue weighted by Crippen LogP contribution is -2.35. The Labute approximate surface area is 152 Å². The maximum Gasteiger partial charge on any atom is 0.317 e. The van der Waals surface area contributed by atoms with Crippen LogP contribution in [0, 0.1) is 38.5 Å². The molecule has 0 spiro atoms. The van der Waals surface area contributed by atoms with Crippen molar-refractivity contribution in [2.75, 3.05) is 6.61 Å². The maximum absolute atomic E-state index is 13.4. The Kier molecular flexibility index (Phi) is 6.80. The Bertz CT molecular complexity index is 601. The van der Waals surface area contributed by atoms with Crippen molar-refractivity contribution in [3.05, 3.63) is 34.4 Å². The Morgan fingerprint density at radius 1 is 1.04 bits per heavy atom. The summed E-state index contributed by atoms with van der Waals surface area (Å²) in [4.78, 5) is 26.2. The number of hydrogen-bond acceptors (Lipinski definition) is 3. The molecule has 0 N–H and O–H groups in total. The van der Waals surface area contributed by atoms with E-state index in [1.165, 1.54) is 6.42 Å². The van der Waals surface area contributed by atoms with Crippen molar-refractivity contribution < 1.29 is 14.3 Å². The van der Waals surface area contributed by atoms with Crippen molar-refractivity contribution in [2.45, 2.75) is 66.7 Å². The third-order valence-electron chi connectivity index (χ3n) is 5.14. The van der Waals surface area contributed by atoms with Gasteiger partial charge in [0.25, 0.3) is 0 Å². The van der Waals surface area contributed by atoms with Gasteiger partial charge in [0.2, 0.25) is 0 Å². The first-order valence-electron chi connectivity index (χ1n) is 9.60. The average Bonchev–Trinajstić information content (AvgIpc) is 2.53. The monoisotopic (exact) mass is 344 g/mol. The lowest BCUT2D eigenvalue weighted by Gasteiger charge is -2.29. The minimum atomic E-state index is -0.654. The van der Waals surface area contributed by atoms with Crippen molar-refractivity contribution in [3.63, 3.8) is 0 Å². The summed E-state index contributed by atoms with van der Waals surface area (Å²) in [7, 11) is 0. The van der Waals surface area contributed by atoms with Gasteiger partial charge in [-0.25, -0.2) is 0 Å². The predicted molar refractivity (Wildman–Crippen MR) is 101 cm³/mol. The van der Waals surface area contributed by atoms with Crippen molar-refractivity contribution in [3.8, 4) is 0 Å². The van der Waals surface area contributed by atoms with Gasteiger partial charge in [0.1, 0.15) is 5.92 Å². The molecule has 1 unspecified atom stereocenters. The van der Waals surface area contributed by atoms with Crippen LogP contribution in [0.1, 0.15) is 73.0 Å².